The highest BCUT2D eigenvalue weighted by molar-refractivity contribution is 5.91. The number of aromatic carboxylic acids is 1. The lowest BCUT2D eigenvalue weighted by atomic mass is 10.1. The Kier molecular flexibility index (Phi) is 4.09. The van der Waals surface area contributed by atoms with Crippen LogP contribution in [0.25, 0.3) is 0 Å². The van der Waals surface area contributed by atoms with Gasteiger partial charge in [-0.2, -0.15) is 0 Å². The molecule has 0 radical (unpaired) electrons. The van der Waals surface area contributed by atoms with Crippen molar-refractivity contribution in [2.45, 2.75) is 20.3 Å². The zero-order valence-corrected chi connectivity index (χ0v) is 9.03. The maximum Gasteiger partial charge on any atom is 0.356 e. The Morgan fingerprint density at radius 3 is 2.93 bits per heavy atom. The van der Waals surface area contributed by atoms with Crippen LogP contribution in [0.1, 0.15) is 30.8 Å². The molecule has 0 spiro atoms. The Balaban J connectivity index is 2.63. The minimum Gasteiger partial charge on any atom is -0.476 e. The van der Waals surface area contributed by atoms with Gasteiger partial charge in [-0.15, -0.1) is 0 Å². The van der Waals surface area contributed by atoms with E-state index < -0.39 is 5.97 Å². The van der Waals surface area contributed by atoms with Crippen LogP contribution in [0.4, 0.5) is 5.69 Å². The summed E-state index contributed by atoms with van der Waals surface area (Å²) in [5.74, 6) is -0.398. The average molecular weight is 208 g/mol. The molecule has 0 aromatic carbocycles. The van der Waals surface area contributed by atoms with E-state index in [1.165, 1.54) is 6.20 Å². The van der Waals surface area contributed by atoms with Crippen LogP contribution in [0, 0.1) is 5.92 Å². The predicted molar refractivity (Wildman–Crippen MR) is 59.1 cm³/mol. The third kappa shape index (κ3) is 3.58. The molecule has 2 N–H and O–H groups in total. The minimum absolute atomic E-state index is 0.0845. The predicted octanol–water partition coefficient (Wildman–Crippen LogP) is 2.24. The molecule has 0 saturated heterocycles. The van der Waals surface area contributed by atoms with E-state index in [0.29, 0.717) is 11.6 Å². The summed E-state index contributed by atoms with van der Waals surface area (Å²) in [6, 6.07) is 3.46. The van der Waals surface area contributed by atoms with Crippen LogP contribution in [0.15, 0.2) is 18.3 Å². The van der Waals surface area contributed by atoms with Crippen LogP contribution >= 0.6 is 0 Å². The van der Waals surface area contributed by atoms with Gasteiger partial charge >= 0.3 is 5.97 Å². The van der Waals surface area contributed by atoms with Crippen LogP contribution < -0.4 is 5.32 Å². The molecule has 0 aliphatic heterocycles. The maximum absolute atomic E-state index is 10.8. The van der Waals surface area contributed by atoms with Crippen LogP contribution in [-0.4, -0.2) is 22.6 Å². The van der Waals surface area contributed by atoms with Gasteiger partial charge < -0.3 is 10.4 Å². The molecule has 0 amide bonds. The summed E-state index contributed by atoms with van der Waals surface area (Å²) in [7, 11) is 0. The van der Waals surface area contributed by atoms with Crippen molar-refractivity contribution < 1.29 is 9.90 Å². The van der Waals surface area contributed by atoms with E-state index in [2.05, 4.69) is 24.1 Å². The van der Waals surface area contributed by atoms with Gasteiger partial charge in [0.25, 0.3) is 0 Å². The van der Waals surface area contributed by atoms with Gasteiger partial charge in [0.2, 0.25) is 0 Å². The highest BCUT2D eigenvalue weighted by atomic mass is 16.4. The summed E-state index contributed by atoms with van der Waals surface area (Å²) in [4.78, 5) is 14.6. The number of carbonyl (C=O) groups is 1. The Hall–Kier alpha value is -1.58. The number of anilines is 1. The summed E-state index contributed by atoms with van der Waals surface area (Å²) >= 11 is 0. The topological polar surface area (TPSA) is 62.2 Å². The van der Waals surface area contributed by atoms with Crippen molar-refractivity contribution in [2.75, 3.05) is 11.9 Å². The molecule has 0 atom stereocenters. The van der Waals surface area contributed by atoms with Crippen LogP contribution in [0.3, 0.4) is 0 Å². The Morgan fingerprint density at radius 2 is 2.33 bits per heavy atom. The highest BCUT2D eigenvalue weighted by Crippen LogP contribution is 2.12. The number of hydrogen-bond donors (Lipinski definition) is 2. The first kappa shape index (κ1) is 11.5. The molecule has 1 rings (SSSR count). The second-order valence-corrected chi connectivity index (χ2v) is 3.81. The molecule has 0 saturated carbocycles. The molecule has 15 heavy (non-hydrogen) atoms. The van der Waals surface area contributed by atoms with Crippen molar-refractivity contribution in [1.82, 2.24) is 4.98 Å². The summed E-state index contributed by atoms with van der Waals surface area (Å²) in [5.41, 5.74) is 0.673. The number of aromatic nitrogens is 1. The largest absolute Gasteiger partial charge is 0.476 e. The van der Waals surface area contributed by atoms with E-state index in [4.69, 9.17) is 5.11 Å². The van der Waals surface area contributed by atoms with Crippen molar-refractivity contribution in [3.63, 3.8) is 0 Å². The fraction of sp³-hybridized carbons (Fsp3) is 0.455. The van der Waals surface area contributed by atoms with E-state index in [1.54, 1.807) is 12.1 Å². The number of rotatable bonds is 5. The summed E-state index contributed by atoms with van der Waals surface area (Å²) < 4.78 is 0. The number of pyridine rings is 1. The monoisotopic (exact) mass is 208 g/mol. The summed E-state index contributed by atoms with van der Waals surface area (Å²) in [6.07, 6.45) is 2.49. The molecule has 1 aromatic rings. The summed E-state index contributed by atoms with van der Waals surface area (Å²) in [6.45, 7) is 5.02. The van der Waals surface area contributed by atoms with Crippen molar-refractivity contribution in [2.24, 2.45) is 5.92 Å². The zero-order chi connectivity index (χ0) is 11.3. The van der Waals surface area contributed by atoms with Gasteiger partial charge in [-0.25, -0.2) is 9.78 Å². The van der Waals surface area contributed by atoms with Gasteiger partial charge in [0.05, 0.1) is 5.69 Å². The summed E-state index contributed by atoms with van der Waals surface area (Å²) in [5, 5.41) is 12.0. The molecule has 1 heterocycles. The van der Waals surface area contributed by atoms with Crippen molar-refractivity contribution in [3.8, 4) is 0 Å². The van der Waals surface area contributed by atoms with E-state index in [-0.39, 0.29) is 5.69 Å². The van der Waals surface area contributed by atoms with E-state index in [1.807, 2.05) is 0 Å². The molecule has 0 unspecified atom stereocenters. The third-order valence-electron chi connectivity index (χ3n) is 2.05. The fourth-order valence-corrected chi connectivity index (χ4v) is 1.21. The molecule has 4 nitrogen and oxygen atoms in total. The normalized spacial score (nSPS) is 10.3. The lowest BCUT2D eigenvalue weighted by Gasteiger charge is -2.09. The number of carboxylic acid groups (broad SMARTS) is 1. The number of hydrogen-bond acceptors (Lipinski definition) is 3. The molecular formula is C11H16N2O2. The zero-order valence-electron chi connectivity index (χ0n) is 9.03. The van der Waals surface area contributed by atoms with Crippen LogP contribution in [-0.2, 0) is 0 Å². The quantitative estimate of drug-likeness (QED) is 0.779. The van der Waals surface area contributed by atoms with Gasteiger partial charge in [-0.1, -0.05) is 13.8 Å². The smallest absolute Gasteiger partial charge is 0.356 e. The first-order chi connectivity index (χ1) is 7.11. The number of carboxylic acids is 1. The fourth-order valence-electron chi connectivity index (χ4n) is 1.21. The van der Waals surface area contributed by atoms with Gasteiger partial charge in [-0.05, 0) is 24.5 Å². The van der Waals surface area contributed by atoms with Gasteiger partial charge in [0, 0.05) is 12.7 Å². The second-order valence-electron chi connectivity index (χ2n) is 3.81. The minimum atomic E-state index is -0.998. The van der Waals surface area contributed by atoms with E-state index in [9.17, 15) is 4.79 Å². The first-order valence-electron chi connectivity index (χ1n) is 5.03. The SMILES string of the molecule is CC(C)CCNc1cccnc1C(=O)O. The third-order valence-corrected chi connectivity index (χ3v) is 2.05. The van der Waals surface area contributed by atoms with E-state index in [0.717, 1.165) is 13.0 Å². The van der Waals surface area contributed by atoms with Gasteiger partial charge in [0.1, 0.15) is 0 Å². The van der Waals surface area contributed by atoms with Crippen LogP contribution in [0.2, 0.25) is 0 Å². The molecule has 1 aromatic heterocycles. The standard InChI is InChI=1S/C11H16N2O2/c1-8(2)5-7-12-9-4-3-6-13-10(9)11(14)15/h3-4,6,8,12H,5,7H2,1-2H3,(H,14,15). The highest BCUT2D eigenvalue weighted by Gasteiger charge is 2.09. The number of nitrogens with zero attached hydrogens (tertiary/aromatic N) is 1. The first-order valence-corrected chi connectivity index (χ1v) is 5.03. The lowest BCUT2D eigenvalue weighted by Crippen LogP contribution is -2.10. The molecule has 82 valence electrons. The van der Waals surface area contributed by atoms with Crippen molar-refractivity contribution >= 4 is 11.7 Å². The molecular weight excluding hydrogens is 192 g/mol. The van der Waals surface area contributed by atoms with Crippen molar-refractivity contribution in [3.05, 3.63) is 24.0 Å². The van der Waals surface area contributed by atoms with E-state index >= 15 is 0 Å². The molecule has 4 heteroatoms. The second kappa shape index (κ2) is 5.34. The molecule has 0 aliphatic carbocycles. The van der Waals surface area contributed by atoms with Crippen molar-refractivity contribution in [1.29, 1.82) is 0 Å². The molecule has 0 bridgehead atoms. The van der Waals surface area contributed by atoms with Crippen LogP contribution in [0.5, 0.6) is 0 Å². The molecule has 0 fully saturated rings. The molecule has 0 aliphatic rings. The Morgan fingerprint density at radius 1 is 1.60 bits per heavy atom. The number of nitrogens with one attached hydrogen (secondary N) is 1. The average Bonchev–Trinajstić information content (AvgIpc) is 2.17. The van der Waals surface area contributed by atoms with Gasteiger partial charge in [-0.3, -0.25) is 0 Å². The Labute approximate surface area is 89.3 Å². The Bertz CT molecular complexity index is 337. The lowest BCUT2D eigenvalue weighted by molar-refractivity contribution is 0.0691. The van der Waals surface area contributed by atoms with Gasteiger partial charge in [0.15, 0.2) is 5.69 Å². The maximum atomic E-state index is 10.8.